The van der Waals surface area contributed by atoms with Gasteiger partial charge in [-0.3, -0.25) is 0 Å². The smallest absolute Gasteiger partial charge is 0.0918 e. The Hall–Kier alpha value is -0.0900. The number of halogens is 1. The van der Waals surface area contributed by atoms with Gasteiger partial charge in [-0.15, -0.1) is 0 Å². The van der Waals surface area contributed by atoms with E-state index in [4.69, 9.17) is 0 Å². The minimum Gasteiger partial charge on any atom is -0.387 e. The second kappa shape index (κ2) is 3.45. The van der Waals surface area contributed by atoms with E-state index in [-0.39, 0.29) is 10.8 Å². The maximum absolute atomic E-state index is 11.1. The number of hydrogen-bond donors (Lipinski definition) is 1. The highest BCUT2D eigenvalue weighted by molar-refractivity contribution is 14.1. The first-order valence-corrected chi connectivity index (χ1v) is 7.20. The molecule has 2 rings (SSSR count). The van der Waals surface area contributed by atoms with E-state index < -0.39 is 5.60 Å². The third-order valence-electron chi connectivity index (χ3n) is 4.54. The van der Waals surface area contributed by atoms with Crippen molar-refractivity contribution in [3.05, 3.63) is 35.4 Å². The maximum atomic E-state index is 11.1. The van der Waals surface area contributed by atoms with E-state index in [9.17, 15) is 5.11 Å². The Morgan fingerprint density at radius 1 is 1.00 bits per heavy atom. The van der Waals surface area contributed by atoms with Crippen LogP contribution in [0.15, 0.2) is 24.3 Å². The van der Waals surface area contributed by atoms with Crippen molar-refractivity contribution < 1.29 is 5.11 Å². The average Bonchev–Trinajstić information content (AvgIpc) is 2.37. The summed E-state index contributed by atoms with van der Waals surface area (Å²) in [5.41, 5.74) is 1.53. The molecule has 88 valence electrons. The predicted octanol–water partition coefficient (Wildman–Crippen LogP) is 3.42. The highest BCUT2D eigenvalue weighted by Gasteiger charge is 2.60. The summed E-state index contributed by atoms with van der Waals surface area (Å²) in [5, 5.41) is 11.1. The minimum atomic E-state index is -0.676. The second-order valence-corrected chi connectivity index (χ2v) is 6.55. The van der Waals surface area contributed by atoms with E-state index in [0.29, 0.717) is 0 Å². The Morgan fingerprint density at radius 3 is 1.69 bits per heavy atom. The van der Waals surface area contributed by atoms with Crippen molar-refractivity contribution >= 4 is 22.6 Å². The molecular formula is C14H19IO. The van der Waals surface area contributed by atoms with Crippen molar-refractivity contribution in [3.8, 4) is 0 Å². The molecule has 0 saturated carbocycles. The van der Waals surface area contributed by atoms with E-state index in [1.165, 1.54) is 11.1 Å². The molecule has 1 aliphatic carbocycles. The monoisotopic (exact) mass is 330 g/mol. The van der Waals surface area contributed by atoms with E-state index in [1.54, 1.807) is 0 Å². The molecule has 0 heterocycles. The summed E-state index contributed by atoms with van der Waals surface area (Å²) in [6, 6.07) is 8.44. The lowest BCUT2D eigenvalue weighted by Crippen LogP contribution is -2.55. The molecule has 0 fully saturated rings. The van der Waals surface area contributed by atoms with Crippen molar-refractivity contribution in [2.75, 3.05) is 4.43 Å². The first-order chi connectivity index (χ1) is 7.29. The van der Waals surface area contributed by atoms with Crippen molar-refractivity contribution in [2.24, 2.45) is 0 Å². The lowest BCUT2D eigenvalue weighted by Gasteiger charge is -2.44. The summed E-state index contributed by atoms with van der Waals surface area (Å²) >= 11 is 2.30. The van der Waals surface area contributed by atoms with Gasteiger partial charge >= 0.3 is 0 Å². The van der Waals surface area contributed by atoms with Gasteiger partial charge in [-0.2, -0.15) is 0 Å². The van der Waals surface area contributed by atoms with Crippen molar-refractivity contribution in [2.45, 2.75) is 44.1 Å². The topological polar surface area (TPSA) is 20.2 Å². The van der Waals surface area contributed by atoms with Crippen LogP contribution in [0.2, 0.25) is 0 Å². The van der Waals surface area contributed by atoms with Gasteiger partial charge in [-0.1, -0.05) is 74.6 Å². The van der Waals surface area contributed by atoms with Gasteiger partial charge < -0.3 is 5.11 Å². The van der Waals surface area contributed by atoms with Crippen LogP contribution in [0.5, 0.6) is 0 Å². The molecular weight excluding hydrogens is 311 g/mol. The Morgan fingerprint density at radius 2 is 1.38 bits per heavy atom. The molecule has 0 bridgehead atoms. The van der Waals surface area contributed by atoms with Crippen LogP contribution in [0.4, 0.5) is 0 Å². The Balaban J connectivity index is 2.76. The molecule has 2 heteroatoms. The molecule has 1 aromatic carbocycles. The number of benzene rings is 1. The van der Waals surface area contributed by atoms with Crippen LogP contribution in [0.1, 0.15) is 38.8 Å². The quantitative estimate of drug-likeness (QED) is 0.618. The molecule has 16 heavy (non-hydrogen) atoms. The molecule has 0 aromatic heterocycles. The fraction of sp³-hybridized carbons (Fsp3) is 0.571. The fourth-order valence-electron chi connectivity index (χ4n) is 3.13. The van der Waals surface area contributed by atoms with Crippen LogP contribution in [-0.2, 0) is 10.8 Å². The largest absolute Gasteiger partial charge is 0.387 e. The average molecular weight is 330 g/mol. The Kier molecular flexibility index (Phi) is 2.67. The molecule has 1 aliphatic rings. The maximum Gasteiger partial charge on any atom is 0.0918 e. The van der Waals surface area contributed by atoms with Crippen LogP contribution in [0.3, 0.4) is 0 Å². The molecule has 0 amide bonds. The summed E-state index contributed by atoms with van der Waals surface area (Å²) in [6.07, 6.45) is 0. The summed E-state index contributed by atoms with van der Waals surface area (Å²) in [7, 11) is 0. The summed E-state index contributed by atoms with van der Waals surface area (Å²) in [4.78, 5) is 0. The van der Waals surface area contributed by atoms with E-state index in [2.05, 4.69) is 74.6 Å². The molecule has 1 nitrogen and oxygen atoms in total. The molecule has 0 saturated heterocycles. The van der Waals surface area contributed by atoms with Gasteiger partial charge in [0, 0.05) is 15.3 Å². The first kappa shape index (κ1) is 12.4. The Bertz CT molecular complexity index is 385. The van der Waals surface area contributed by atoms with Gasteiger partial charge in [0.25, 0.3) is 0 Å². The predicted molar refractivity (Wildman–Crippen MR) is 76.3 cm³/mol. The van der Waals surface area contributed by atoms with Gasteiger partial charge in [0.1, 0.15) is 0 Å². The van der Waals surface area contributed by atoms with E-state index in [1.807, 2.05) is 0 Å². The molecule has 0 atom stereocenters. The summed E-state index contributed by atoms with van der Waals surface area (Å²) < 4.78 is 0.749. The Labute approximate surface area is 111 Å². The first-order valence-electron chi connectivity index (χ1n) is 5.67. The SMILES string of the molecule is CC1(C)c2ccccc2C(C)(C)C1(O)CI. The van der Waals surface area contributed by atoms with Gasteiger partial charge in [-0.05, 0) is 11.1 Å². The number of aliphatic hydroxyl groups is 1. The van der Waals surface area contributed by atoms with Crippen LogP contribution in [-0.4, -0.2) is 15.1 Å². The lowest BCUT2D eigenvalue weighted by molar-refractivity contribution is -0.0425. The number of fused-ring (bicyclic) bond motifs is 1. The zero-order valence-corrected chi connectivity index (χ0v) is 12.5. The molecule has 0 radical (unpaired) electrons. The number of hydrogen-bond acceptors (Lipinski definition) is 1. The molecule has 1 N–H and O–H groups in total. The third-order valence-corrected chi connectivity index (χ3v) is 5.64. The highest BCUT2D eigenvalue weighted by Crippen LogP contribution is 2.56. The van der Waals surface area contributed by atoms with Gasteiger partial charge in [-0.25, -0.2) is 0 Å². The van der Waals surface area contributed by atoms with Gasteiger partial charge in [0.2, 0.25) is 0 Å². The van der Waals surface area contributed by atoms with Crippen LogP contribution >= 0.6 is 22.6 Å². The van der Waals surface area contributed by atoms with Crippen molar-refractivity contribution in [1.29, 1.82) is 0 Å². The summed E-state index contributed by atoms with van der Waals surface area (Å²) in [5.74, 6) is 0. The number of alkyl halides is 1. The van der Waals surface area contributed by atoms with E-state index >= 15 is 0 Å². The van der Waals surface area contributed by atoms with Crippen molar-refractivity contribution in [1.82, 2.24) is 0 Å². The standard InChI is InChI=1S/C14H19IO/c1-12(2)10-7-5-6-8-11(10)13(3,4)14(12,16)9-15/h5-8,16H,9H2,1-4H3. The lowest BCUT2D eigenvalue weighted by atomic mass is 9.67. The van der Waals surface area contributed by atoms with Crippen molar-refractivity contribution in [3.63, 3.8) is 0 Å². The fourth-order valence-corrected chi connectivity index (χ4v) is 5.04. The minimum absolute atomic E-state index is 0.186. The summed E-state index contributed by atoms with van der Waals surface area (Å²) in [6.45, 7) is 8.61. The molecule has 0 aliphatic heterocycles. The van der Waals surface area contributed by atoms with Crippen LogP contribution < -0.4 is 0 Å². The second-order valence-electron chi connectivity index (χ2n) is 5.79. The zero-order valence-electron chi connectivity index (χ0n) is 10.3. The van der Waals surface area contributed by atoms with Crippen LogP contribution in [0, 0.1) is 0 Å². The van der Waals surface area contributed by atoms with E-state index in [0.717, 1.165) is 4.43 Å². The molecule has 1 aromatic rings. The zero-order chi connectivity index (χ0) is 12.2. The normalized spacial score (nSPS) is 24.1. The third kappa shape index (κ3) is 1.20. The van der Waals surface area contributed by atoms with Gasteiger partial charge in [0.05, 0.1) is 5.60 Å². The molecule has 0 spiro atoms. The highest BCUT2D eigenvalue weighted by atomic mass is 127. The van der Waals surface area contributed by atoms with Gasteiger partial charge in [0.15, 0.2) is 0 Å². The number of rotatable bonds is 1. The van der Waals surface area contributed by atoms with Crippen LogP contribution in [0.25, 0.3) is 0 Å². The molecule has 0 unspecified atom stereocenters.